The van der Waals surface area contributed by atoms with Crippen molar-refractivity contribution < 1.29 is 17.9 Å². The number of aromatic nitrogens is 4. The predicted octanol–water partition coefficient (Wildman–Crippen LogP) is 0.0169. The van der Waals surface area contributed by atoms with Crippen molar-refractivity contribution in [2.75, 3.05) is 18.5 Å². The molecule has 4 heterocycles. The Morgan fingerprint density at radius 2 is 2.19 bits per heavy atom. The first-order valence-corrected chi connectivity index (χ1v) is 10.1. The lowest BCUT2D eigenvalue weighted by Gasteiger charge is -2.38. The average Bonchev–Trinajstić information content (AvgIpc) is 3.30. The van der Waals surface area contributed by atoms with Gasteiger partial charge in [-0.25, -0.2) is 18.4 Å². The first-order valence-electron chi connectivity index (χ1n) is 8.63. The molecule has 0 saturated carbocycles. The lowest BCUT2D eigenvalue weighted by Crippen LogP contribution is -2.54. The Morgan fingerprint density at radius 3 is 2.89 bits per heavy atom. The molecule has 144 valence electrons. The monoisotopic (exact) mass is 392 g/mol. The van der Waals surface area contributed by atoms with Crippen LogP contribution < -0.4 is 5.32 Å². The van der Waals surface area contributed by atoms with Crippen molar-refractivity contribution in [2.24, 2.45) is 13.0 Å². The maximum atomic E-state index is 13.1. The number of carbonyl (C=O) groups is 1. The number of sulfonamides is 1. The number of hydrogen-bond acceptors (Lipinski definition) is 7. The SMILES string of the molecule is Cn1cnc(S(=O)(=O)N2C[C@@H](C(=O)Nc3cnccn3)C[C@H]3OCC[C@H]32)c1. The van der Waals surface area contributed by atoms with Crippen molar-refractivity contribution in [3.63, 3.8) is 0 Å². The number of amides is 1. The number of rotatable bonds is 4. The Labute approximate surface area is 156 Å². The van der Waals surface area contributed by atoms with Crippen LogP contribution in [0.25, 0.3) is 0 Å². The minimum atomic E-state index is -3.82. The van der Waals surface area contributed by atoms with E-state index in [1.807, 2.05) is 0 Å². The Balaban J connectivity index is 1.58. The molecule has 1 amide bonds. The molecule has 2 aliphatic heterocycles. The highest BCUT2D eigenvalue weighted by Gasteiger charge is 2.47. The van der Waals surface area contributed by atoms with E-state index in [1.165, 1.54) is 35.4 Å². The number of aryl methyl sites for hydroxylation is 1. The Kier molecular flexibility index (Phi) is 4.66. The van der Waals surface area contributed by atoms with E-state index in [-0.39, 0.29) is 29.6 Å². The van der Waals surface area contributed by atoms with Crippen LogP contribution in [0.2, 0.25) is 0 Å². The van der Waals surface area contributed by atoms with E-state index in [1.54, 1.807) is 11.6 Å². The summed E-state index contributed by atoms with van der Waals surface area (Å²) in [6.07, 6.45) is 8.09. The maximum Gasteiger partial charge on any atom is 0.262 e. The van der Waals surface area contributed by atoms with E-state index in [2.05, 4.69) is 20.3 Å². The van der Waals surface area contributed by atoms with Gasteiger partial charge >= 0.3 is 0 Å². The fraction of sp³-hybridized carbons (Fsp3) is 0.500. The van der Waals surface area contributed by atoms with Crippen molar-refractivity contribution in [1.29, 1.82) is 0 Å². The van der Waals surface area contributed by atoms with Crippen LogP contribution in [0.4, 0.5) is 5.82 Å². The summed E-state index contributed by atoms with van der Waals surface area (Å²) in [7, 11) is -2.11. The van der Waals surface area contributed by atoms with Crippen molar-refractivity contribution >= 4 is 21.7 Å². The van der Waals surface area contributed by atoms with Crippen molar-refractivity contribution in [2.45, 2.75) is 30.0 Å². The second-order valence-corrected chi connectivity index (χ2v) is 8.57. The van der Waals surface area contributed by atoms with Crippen LogP contribution in [0.1, 0.15) is 12.8 Å². The van der Waals surface area contributed by atoms with E-state index in [0.29, 0.717) is 25.3 Å². The van der Waals surface area contributed by atoms with Crippen LogP contribution in [0.3, 0.4) is 0 Å². The van der Waals surface area contributed by atoms with Crippen molar-refractivity contribution in [3.8, 4) is 0 Å². The van der Waals surface area contributed by atoms with E-state index in [0.717, 1.165) is 0 Å². The van der Waals surface area contributed by atoms with Gasteiger partial charge in [0.05, 0.1) is 30.6 Å². The van der Waals surface area contributed by atoms with Crippen molar-refractivity contribution in [3.05, 3.63) is 31.1 Å². The van der Waals surface area contributed by atoms with Crippen molar-refractivity contribution in [1.82, 2.24) is 23.8 Å². The predicted molar refractivity (Wildman–Crippen MR) is 94.0 cm³/mol. The third kappa shape index (κ3) is 3.45. The molecule has 0 unspecified atom stereocenters. The van der Waals surface area contributed by atoms with Crippen LogP contribution in [0.15, 0.2) is 36.1 Å². The Bertz CT molecular complexity index is 931. The average molecular weight is 392 g/mol. The number of piperidine rings is 1. The van der Waals surface area contributed by atoms with Crippen LogP contribution in [0.5, 0.6) is 0 Å². The molecule has 2 aromatic rings. The van der Waals surface area contributed by atoms with Crippen LogP contribution >= 0.6 is 0 Å². The maximum absolute atomic E-state index is 13.1. The zero-order valence-corrected chi connectivity index (χ0v) is 15.5. The molecule has 10 nitrogen and oxygen atoms in total. The van der Waals surface area contributed by atoms with Gasteiger partial charge in [-0.05, 0) is 12.8 Å². The molecule has 0 aromatic carbocycles. The molecule has 2 fully saturated rings. The number of ether oxygens (including phenoxy) is 1. The van der Waals surface area contributed by atoms with E-state index < -0.39 is 15.9 Å². The van der Waals surface area contributed by atoms with Crippen LogP contribution in [0, 0.1) is 5.92 Å². The molecule has 0 radical (unpaired) electrons. The molecule has 1 N–H and O–H groups in total. The fourth-order valence-electron chi connectivity index (χ4n) is 3.60. The number of imidazole rings is 1. The third-order valence-corrected chi connectivity index (χ3v) is 6.68. The third-order valence-electron chi connectivity index (χ3n) is 4.90. The van der Waals surface area contributed by atoms with Gasteiger partial charge in [0.2, 0.25) is 5.91 Å². The molecule has 2 aliphatic rings. The van der Waals surface area contributed by atoms with Crippen LogP contribution in [-0.2, 0) is 26.6 Å². The molecule has 2 saturated heterocycles. The largest absolute Gasteiger partial charge is 0.376 e. The van der Waals surface area contributed by atoms with Crippen LogP contribution in [-0.4, -0.2) is 63.4 Å². The van der Waals surface area contributed by atoms with E-state index in [9.17, 15) is 13.2 Å². The highest BCUT2D eigenvalue weighted by molar-refractivity contribution is 7.89. The molecule has 2 aromatic heterocycles. The van der Waals surface area contributed by atoms with Gasteiger partial charge in [-0.2, -0.15) is 4.31 Å². The topological polar surface area (TPSA) is 119 Å². The first kappa shape index (κ1) is 18.0. The highest BCUT2D eigenvalue weighted by atomic mass is 32.2. The molecule has 3 atom stereocenters. The molecular formula is C16H20N6O4S. The molecule has 0 aliphatic carbocycles. The molecular weight excluding hydrogens is 372 g/mol. The first-order chi connectivity index (χ1) is 12.9. The molecule has 27 heavy (non-hydrogen) atoms. The quantitative estimate of drug-likeness (QED) is 0.779. The zero-order chi connectivity index (χ0) is 19.0. The van der Waals surface area contributed by atoms with E-state index in [4.69, 9.17) is 4.74 Å². The Hall–Kier alpha value is -2.37. The van der Waals surface area contributed by atoms with Gasteiger partial charge in [-0.1, -0.05) is 0 Å². The molecule has 11 heteroatoms. The van der Waals surface area contributed by atoms with Gasteiger partial charge in [0.15, 0.2) is 10.8 Å². The van der Waals surface area contributed by atoms with E-state index >= 15 is 0 Å². The summed E-state index contributed by atoms with van der Waals surface area (Å²) in [5.41, 5.74) is 0. The number of anilines is 1. The number of hydrogen-bond donors (Lipinski definition) is 1. The number of nitrogens with one attached hydrogen (secondary N) is 1. The second-order valence-electron chi connectivity index (χ2n) is 6.73. The second kappa shape index (κ2) is 6.98. The number of carbonyl (C=O) groups excluding carboxylic acids is 1. The zero-order valence-electron chi connectivity index (χ0n) is 14.7. The van der Waals surface area contributed by atoms with Gasteiger partial charge in [0, 0.05) is 38.8 Å². The van der Waals surface area contributed by atoms with Gasteiger partial charge in [0.25, 0.3) is 10.0 Å². The summed E-state index contributed by atoms with van der Waals surface area (Å²) >= 11 is 0. The fourth-order valence-corrected chi connectivity index (χ4v) is 5.29. The summed E-state index contributed by atoms with van der Waals surface area (Å²) < 4.78 is 34.9. The van der Waals surface area contributed by atoms with Gasteiger partial charge < -0.3 is 14.6 Å². The minimum Gasteiger partial charge on any atom is -0.376 e. The summed E-state index contributed by atoms with van der Waals surface area (Å²) in [6.45, 7) is 0.553. The number of nitrogens with zero attached hydrogens (tertiary/aromatic N) is 5. The minimum absolute atomic E-state index is 0.0226. The molecule has 0 bridgehead atoms. The molecule has 4 rings (SSSR count). The smallest absolute Gasteiger partial charge is 0.262 e. The summed E-state index contributed by atoms with van der Waals surface area (Å²) in [5, 5.41) is 2.68. The lowest BCUT2D eigenvalue weighted by molar-refractivity contribution is -0.123. The normalized spacial score (nSPS) is 25.9. The van der Waals surface area contributed by atoms with Gasteiger partial charge in [-0.15, -0.1) is 0 Å². The summed E-state index contributed by atoms with van der Waals surface area (Å²) in [5.74, 6) is -0.522. The summed E-state index contributed by atoms with van der Waals surface area (Å²) in [4.78, 5) is 24.6. The molecule has 0 spiro atoms. The van der Waals surface area contributed by atoms with Gasteiger partial charge in [-0.3, -0.25) is 9.78 Å². The van der Waals surface area contributed by atoms with Gasteiger partial charge in [0.1, 0.15) is 0 Å². The standard InChI is InChI=1S/C16H20N6O4S/c1-21-9-15(19-10-21)27(24,25)22-8-11(6-13-12(22)2-5-26-13)16(23)20-14-7-17-3-4-18-14/h3-4,7,9-13H,2,5-6,8H2,1H3,(H,18,20,23)/t11-,12+,13+/m0/s1. The summed E-state index contributed by atoms with van der Waals surface area (Å²) in [6, 6.07) is -0.280. The Morgan fingerprint density at radius 1 is 1.33 bits per heavy atom. The number of fused-ring (bicyclic) bond motifs is 1. The lowest BCUT2D eigenvalue weighted by atomic mass is 9.91. The highest BCUT2D eigenvalue weighted by Crippen LogP contribution is 2.35.